The van der Waals surface area contributed by atoms with Crippen molar-refractivity contribution >= 4 is 40.8 Å². The summed E-state index contributed by atoms with van der Waals surface area (Å²) in [5.41, 5.74) is -0.288. The lowest BCUT2D eigenvalue weighted by atomic mass is 9.53. The molecular formula is C38H29Cl2F3N6O7. The molecule has 18 heteroatoms. The number of alkyl halides is 3. The molecule has 2 aliphatic heterocycles. The number of allylic oxidation sites excluding steroid dienone is 2. The second-order valence-corrected chi connectivity index (χ2v) is 14.2. The number of ether oxygens (including phenoxy) is 2. The largest absolute Gasteiger partial charge is 0.502 e. The number of benzene rings is 3. The lowest BCUT2D eigenvalue weighted by molar-refractivity contribution is -0.139. The number of anilines is 1. The number of para-hydroxylation sites is 1. The van der Waals surface area contributed by atoms with Crippen LogP contribution in [0.3, 0.4) is 0 Å². The summed E-state index contributed by atoms with van der Waals surface area (Å²) >= 11 is 12.6. The minimum Gasteiger partial charge on any atom is -0.502 e. The third-order valence-electron chi connectivity index (χ3n) is 10.7. The van der Waals surface area contributed by atoms with Gasteiger partial charge in [0.05, 0.1) is 54.4 Å². The molecule has 4 atom stereocenters. The fourth-order valence-electron chi connectivity index (χ4n) is 8.30. The topological polar surface area (TPSA) is 150 Å². The van der Waals surface area contributed by atoms with E-state index in [9.17, 15) is 32.7 Å². The van der Waals surface area contributed by atoms with Gasteiger partial charge in [0, 0.05) is 17.1 Å². The van der Waals surface area contributed by atoms with Crippen LogP contribution in [-0.2, 0) is 27.7 Å². The summed E-state index contributed by atoms with van der Waals surface area (Å²) in [6, 6.07) is 17.2. The Morgan fingerprint density at radius 3 is 2.20 bits per heavy atom. The minimum absolute atomic E-state index is 0.0301. The molecule has 0 radical (unpaired) electrons. The molecule has 1 aliphatic carbocycles. The Hall–Kier alpha value is -6.00. The highest BCUT2D eigenvalue weighted by atomic mass is 35.5. The second kappa shape index (κ2) is 13.3. The number of hydrogen-bond donors (Lipinski definition) is 2. The number of hydrogen-bond acceptors (Lipinski definition) is 9. The molecule has 288 valence electrons. The van der Waals surface area contributed by atoms with E-state index in [1.54, 1.807) is 60.7 Å². The van der Waals surface area contributed by atoms with Gasteiger partial charge in [-0.1, -0.05) is 59.6 Å². The number of imide groups is 1. The van der Waals surface area contributed by atoms with Gasteiger partial charge >= 0.3 is 17.6 Å². The van der Waals surface area contributed by atoms with Crippen molar-refractivity contribution in [3.05, 3.63) is 138 Å². The van der Waals surface area contributed by atoms with Crippen molar-refractivity contribution in [2.24, 2.45) is 5.92 Å². The van der Waals surface area contributed by atoms with Gasteiger partial charge in [-0.25, -0.2) is 28.5 Å². The highest BCUT2D eigenvalue weighted by Gasteiger charge is 2.69. The first-order valence-electron chi connectivity index (χ1n) is 17.0. The van der Waals surface area contributed by atoms with Crippen molar-refractivity contribution in [1.29, 1.82) is 0 Å². The summed E-state index contributed by atoms with van der Waals surface area (Å²) < 4.78 is 55.1. The first kappa shape index (κ1) is 36.9. The third kappa shape index (κ3) is 5.41. The molecule has 3 aromatic carbocycles. The number of fused-ring (bicyclic) bond motifs is 4. The quantitative estimate of drug-likeness (QED) is 0.152. The lowest BCUT2D eigenvalue weighted by Gasteiger charge is -2.49. The molecular weight excluding hydrogens is 780 g/mol. The van der Waals surface area contributed by atoms with Crippen LogP contribution < -0.4 is 26.3 Å². The van der Waals surface area contributed by atoms with Gasteiger partial charge in [0.15, 0.2) is 17.3 Å². The van der Waals surface area contributed by atoms with Crippen molar-refractivity contribution in [2.45, 2.75) is 36.5 Å². The van der Waals surface area contributed by atoms with Crippen LogP contribution in [0.2, 0.25) is 10.0 Å². The van der Waals surface area contributed by atoms with Gasteiger partial charge in [0.2, 0.25) is 5.75 Å². The summed E-state index contributed by atoms with van der Waals surface area (Å²) in [6.45, 7) is -0.0981. The number of halogens is 5. The van der Waals surface area contributed by atoms with E-state index in [1.807, 2.05) is 0 Å². The summed E-state index contributed by atoms with van der Waals surface area (Å²) in [5, 5.41) is 11.4. The smallest absolute Gasteiger partial charge is 0.417 e. The number of carbonyl (C=O) groups excluding carboxylic acids is 2. The van der Waals surface area contributed by atoms with E-state index < -0.39 is 69.1 Å². The molecule has 4 heterocycles. The molecule has 4 unspecified atom stereocenters. The maximum Gasteiger partial charge on any atom is 0.417 e. The molecule has 8 rings (SSSR count). The molecule has 1 saturated heterocycles. The van der Waals surface area contributed by atoms with Crippen molar-refractivity contribution in [3.63, 3.8) is 0 Å². The van der Waals surface area contributed by atoms with Crippen molar-refractivity contribution in [2.75, 3.05) is 19.6 Å². The predicted octanol–water partition coefficient (Wildman–Crippen LogP) is 5.86. The summed E-state index contributed by atoms with van der Waals surface area (Å²) in [4.78, 5) is 62.3. The normalized spacial score (nSPS) is 21.6. The Bertz CT molecular complexity index is 2560. The Kier molecular flexibility index (Phi) is 8.80. The fourth-order valence-corrected chi connectivity index (χ4v) is 8.63. The number of aromatic nitrogens is 4. The van der Waals surface area contributed by atoms with Crippen LogP contribution >= 0.6 is 23.2 Å². The average molecular weight is 810 g/mol. The van der Waals surface area contributed by atoms with Gasteiger partial charge < -0.3 is 14.6 Å². The molecule has 0 bridgehead atoms. The van der Waals surface area contributed by atoms with E-state index in [4.69, 9.17) is 32.7 Å². The molecule has 2 N–H and O–H groups in total. The average Bonchev–Trinajstić information content (AvgIpc) is 3.56. The lowest BCUT2D eigenvalue weighted by Crippen LogP contribution is -2.53. The van der Waals surface area contributed by atoms with Crippen LogP contribution in [0.15, 0.2) is 100 Å². The molecule has 2 aromatic heterocycles. The number of rotatable bonds is 7. The van der Waals surface area contributed by atoms with Gasteiger partial charge in [-0.05, 0) is 65.6 Å². The van der Waals surface area contributed by atoms with Crippen molar-refractivity contribution < 1.29 is 37.3 Å². The van der Waals surface area contributed by atoms with Crippen LogP contribution in [0.5, 0.6) is 17.2 Å². The Morgan fingerprint density at radius 1 is 0.929 bits per heavy atom. The molecule has 2 amide bonds. The predicted molar refractivity (Wildman–Crippen MR) is 196 cm³/mol. The van der Waals surface area contributed by atoms with Crippen molar-refractivity contribution in [1.82, 2.24) is 23.9 Å². The number of pyridine rings is 1. The number of phenols is 1. The molecule has 2 fully saturated rings. The Morgan fingerprint density at radius 2 is 1.59 bits per heavy atom. The first-order valence-corrected chi connectivity index (χ1v) is 17.8. The molecule has 1 saturated carbocycles. The molecule has 0 spiro atoms. The van der Waals surface area contributed by atoms with Gasteiger partial charge in [-0.2, -0.15) is 18.2 Å². The number of hydrazine groups is 1. The van der Waals surface area contributed by atoms with Gasteiger partial charge in [-0.15, -0.1) is 0 Å². The number of amides is 2. The van der Waals surface area contributed by atoms with E-state index >= 15 is 4.79 Å². The van der Waals surface area contributed by atoms with E-state index in [0.717, 1.165) is 4.57 Å². The number of methoxy groups -OCH3 is 2. The standard InChI is InChI=1S/C38H29Cl2F3N6O7/c1-55-28-14-19(15-29(56-2)31(28)50)30-24-12-13-46-35(53)47(23-6-4-3-5-7-23)36(54)49(46)27(24)17-25-33(51)48(34(52)37(25,30)20-8-10-22(39)11-9-20)45-32-26(40)16-21(18-44-32)38(41,42)43/h3-12,14-16,18,25,27,30,50H,13,17H2,1-2H3,(H,44,45). The summed E-state index contributed by atoms with van der Waals surface area (Å²) in [5.74, 6) is -4.90. The Balaban J connectivity index is 1.39. The molecule has 5 aromatic rings. The minimum atomic E-state index is -4.77. The zero-order chi connectivity index (χ0) is 39.8. The molecule has 56 heavy (non-hydrogen) atoms. The number of nitrogens with zero attached hydrogens (tertiary/aromatic N) is 5. The SMILES string of the molecule is COc1cc(C2C3=CCn4c(=O)n(-c5ccccc5)c(=O)n4C3CC3C(=O)N(Nc4ncc(C(F)(F)F)cc4Cl)C(=O)C32c2ccc(Cl)cc2)cc(OC)c1O. The maximum absolute atomic E-state index is 15.4. The number of phenolic OH excluding ortho intramolecular Hbond substituents is 1. The van der Waals surface area contributed by atoms with Crippen LogP contribution in [0.1, 0.15) is 35.1 Å². The summed E-state index contributed by atoms with van der Waals surface area (Å²) in [7, 11) is 2.64. The van der Waals surface area contributed by atoms with Gasteiger partial charge in [-0.3, -0.25) is 15.0 Å². The van der Waals surface area contributed by atoms with E-state index in [1.165, 1.54) is 35.7 Å². The number of carbonyl (C=O) groups is 2. The number of nitrogens with one attached hydrogen (secondary N) is 1. The van der Waals surface area contributed by atoms with E-state index in [0.29, 0.717) is 44.7 Å². The van der Waals surface area contributed by atoms with Gasteiger partial charge in [0.25, 0.3) is 11.8 Å². The van der Waals surface area contributed by atoms with Crippen LogP contribution in [-0.4, -0.2) is 55.1 Å². The maximum atomic E-state index is 15.4. The van der Waals surface area contributed by atoms with Crippen LogP contribution in [0, 0.1) is 5.92 Å². The third-order valence-corrected chi connectivity index (χ3v) is 11.2. The zero-order valence-corrected chi connectivity index (χ0v) is 30.8. The first-order chi connectivity index (χ1) is 26.7. The van der Waals surface area contributed by atoms with Crippen molar-refractivity contribution in [3.8, 4) is 22.9 Å². The van der Waals surface area contributed by atoms with Gasteiger partial charge in [0.1, 0.15) is 0 Å². The molecule has 3 aliphatic rings. The highest BCUT2D eigenvalue weighted by molar-refractivity contribution is 6.33. The number of aromatic hydroxyl groups is 1. The highest BCUT2D eigenvalue weighted by Crippen LogP contribution is 2.62. The molecule has 13 nitrogen and oxygen atoms in total. The van der Waals surface area contributed by atoms with Crippen LogP contribution in [0.25, 0.3) is 5.69 Å². The fraction of sp³-hybridized carbons (Fsp3) is 0.237. The zero-order valence-electron chi connectivity index (χ0n) is 29.3. The van der Waals surface area contributed by atoms with Crippen LogP contribution in [0.4, 0.5) is 19.0 Å². The Labute approximate surface area is 324 Å². The summed E-state index contributed by atoms with van der Waals surface area (Å²) in [6.07, 6.45) is -2.72. The monoisotopic (exact) mass is 808 g/mol. The van der Waals surface area contributed by atoms with E-state index in [-0.39, 0.29) is 30.2 Å². The van der Waals surface area contributed by atoms with E-state index in [2.05, 4.69) is 10.4 Å². The second-order valence-electron chi connectivity index (χ2n) is 13.4.